The first-order chi connectivity index (χ1) is 67.2. The van der Waals surface area contributed by atoms with Crippen LogP contribution in [-0.4, -0.2) is 27.4 Å². The van der Waals surface area contributed by atoms with E-state index >= 15 is 26.3 Å². The van der Waals surface area contributed by atoms with Crippen molar-refractivity contribution < 1.29 is 39.5 Å². The van der Waals surface area contributed by atoms with Gasteiger partial charge in [-0.25, -0.2) is 0 Å². The van der Waals surface area contributed by atoms with Crippen LogP contribution in [0.4, 0.5) is 39.5 Å². The average molecular weight is 1830 g/mol. The van der Waals surface area contributed by atoms with Gasteiger partial charge in [-0.05, 0) is 267 Å². The molecule has 676 valence electrons. The van der Waals surface area contributed by atoms with Gasteiger partial charge < -0.3 is 27.4 Å². The lowest BCUT2D eigenvalue weighted by molar-refractivity contribution is -0.138. The van der Waals surface area contributed by atoms with Crippen molar-refractivity contribution >= 4 is 131 Å². The summed E-state index contributed by atoms with van der Waals surface area (Å²) in [4.78, 5) is 0. The fraction of sp³-hybridized carbons (Fsp3) is 0.0806. The van der Waals surface area contributed by atoms with E-state index in [4.69, 9.17) is 0 Å². The first-order valence-corrected chi connectivity index (χ1v) is 46.3. The number of hydrogen-bond donors (Lipinski definition) is 0. The van der Waals surface area contributed by atoms with Crippen molar-refractivity contribution in [2.24, 2.45) is 0 Å². The van der Waals surface area contributed by atoms with E-state index in [1.807, 2.05) is 319 Å². The minimum Gasteiger partial charge on any atom is -0.309 e. The highest BCUT2D eigenvalue weighted by atomic mass is 19.4. The molecule has 25 aromatic rings. The fourth-order valence-electron chi connectivity index (χ4n) is 21.4. The van der Waals surface area contributed by atoms with Crippen molar-refractivity contribution in [2.75, 3.05) is 0 Å². The first kappa shape index (κ1) is 86.5. The Morgan fingerprint density at radius 3 is 0.554 bits per heavy atom. The Hall–Kier alpha value is -16.7. The second kappa shape index (κ2) is 33.4. The number of rotatable bonds is 10. The minimum absolute atomic E-state index is 0.120. The molecule has 0 aliphatic carbocycles. The molecule has 0 amide bonds. The van der Waals surface area contributed by atoms with Crippen molar-refractivity contribution in [2.45, 2.75) is 67.0 Å². The first-order valence-electron chi connectivity index (χ1n) is 46.3. The van der Waals surface area contributed by atoms with E-state index in [2.05, 4.69) is 109 Å². The van der Waals surface area contributed by atoms with Gasteiger partial charge in [-0.15, -0.1) is 0 Å². The van der Waals surface area contributed by atoms with Gasteiger partial charge in [0.05, 0.1) is 100.0 Å². The van der Waals surface area contributed by atoms with Gasteiger partial charge in [-0.2, -0.15) is 39.5 Å². The zero-order valence-corrected chi connectivity index (χ0v) is 76.7. The highest BCUT2D eigenvalue weighted by Crippen LogP contribution is 2.50. The lowest BCUT2D eigenvalue weighted by atomic mass is 10.0. The molecular formula is C124H87F9N6. The van der Waals surface area contributed by atoms with Gasteiger partial charge in [-0.1, -0.05) is 265 Å². The van der Waals surface area contributed by atoms with E-state index in [1.54, 1.807) is 29.9 Å². The molecule has 0 aliphatic rings. The molecule has 6 nitrogen and oxygen atoms in total. The summed E-state index contributed by atoms with van der Waals surface area (Å²) in [5, 5.41) is 11.6. The molecule has 0 bridgehead atoms. The normalized spacial score (nSPS) is 12.2. The Kier molecular flexibility index (Phi) is 20.8. The summed E-state index contributed by atoms with van der Waals surface area (Å²) in [7, 11) is 0. The molecule has 0 radical (unpaired) electrons. The summed E-state index contributed by atoms with van der Waals surface area (Å²) in [6, 6.07) is 130. The van der Waals surface area contributed by atoms with Crippen molar-refractivity contribution in [1.82, 2.24) is 27.4 Å². The fourth-order valence-corrected chi connectivity index (χ4v) is 21.4. The Morgan fingerprint density at radius 2 is 0.331 bits per heavy atom. The summed E-state index contributed by atoms with van der Waals surface area (Å²) in [6.45, 7) is 13.4. The Balaban J connectivity index is 0.000000122. The predicted molar refractivity (Wildman–Crippen MR) is 555 cm³/mol. The lowest BCUT2D eigenvalue weighted by Gasteiger charge is -2.21. The Bertz CT molecular complexity index is 8860. The third kappa shape index (κ3) is 14.8. The number of halogens is 9. The van der Waals surface area contributed by atoms with Crippen LogP contribution in [0, 0.1) is 48.5 Å². The SMILES string of the molecule is Cc1cc(-n2c3ccc(-c4ccccc4)cc3c3cc(-c4ccccc4)ccc32)cc(C(F)(F)F)c1-n1c2ccc(-c3ccccc3)cc2c2cc(-c3ccccc3)ccc21.Cc1cc(-n2c3ccccc3c3ccccc32)cc(C(F)(F)F)c1-n1c2ccccc2c2ccccc21.Cc1ccc2c(c1)c1cc(C)ccc1n2-c1cc(C)c(-n2c3ccc(C)cc3c3cc(C)ccc32)c(C(F)(F)F)c1. The number of nitrogens with zero attached hydrogens (tertiary/aromatic N) is 6. The monoisotopic (exact) mass is 1830 g/mol. The number of aryl methyl sites for hydroxylation is 7. The van der Waals surface area contributed by atoms with E-state index in [-0.39, 0.29) is 17.1 Å². The molecule has 0 saturated heterocycles. The summed E-state index contributed by atoms with van der Waals surface area (Å²) in [6.07, 6.45) is -13.8. The molecule has 0 fully saturated rings. The molecule has 0 spiro atoms. The quantitative estimate of drug-likeness (QED) is 0.122. The van der Waals surface area contributed by atoms with E-state index in [0.29, 0.717) is 44.8 Å². The number of fused-ring (bicyclic) bond motifs is 18. The predicted octanol–water partition coefficient (Wildman–Crippen LogP) is 35.5. The van der Waals surface area contributed by atoms with Crippen LogP contribution in [0.25, 0.3) is 209 Å². The zero-order valence-electron chi connectivity index (χ0n) is 76.7. The van der Waals surface area contributed by atoms with E-state index in [9.17, 15) is 13.2 Å². The third-order valence-electron chi connectivity index (χ3n) is 27.5. The molecule has 0 saturated carbocycles. The van der Waals surface area contributed by atoms with Gasteiger partial charge in [0, 0.05) is 81.7 Å². The van der Waals surface area contributed by atoms with E-state index in [0.717, 1.165) is 187 Å². The maximum absolute atomic E-state index is 15.9. The summed E-state index contributed by atoms with van der Waals surface area (Å²) in [5.74, 6) is 0. The van der Waals surface area contributed by atoms with Gasteiger partial charge in [-0.3, -0.25) is 0 Å². The topological polar surface area (TPSA) is 29.6 Å². The highest BCUT2D eigenvalue weighted by molar-refractivity contribution is 6.17. The van der Waals surface area contributed by atoms with Crippen LogP contribution in [0.15, 0.2) is 400 Å². The third-order valence-corrected chi connectivity index (χ3v) is 27.5. The van der Waals surface area contributed by atoms with Crippen LogP contribution >= 0.6 is 0 Å². The number of benzene rings is 19. The largest absolute Gasteiger partial charge is 0.418 e. The highest BCUT2D eigenvalue weighted by Gasteiger charge is 2.41. The van der Waals surface area contributed by atoms with Gasteiger partial charge in [0.1, 0.15) is 0 Å². The van der Waals surface area contributed by atoms with Crippen LogP contribution in [0.3, 0.4) is 0 Å². The molecular weight excluding hydrogens is 1740 g/mol. The molecule has 6 heterocycles. The maximum Gasteiger partial charge on any atom is 0.418 e. The number of alkyl halides is 9. The smallest absolute Gasteiger partial charge is 0.309 e. The van der Waals surface area contributed by atoms with Crippen LogP contribution in [0.5, 0.6) is 0 Å². The molecule has 0 unspecified atom stereocenters. The van der Waals surface area contributed by atoms with Crippen molar-refractivity contribution in [3.63, 3.8) is 0 Å². The van der Waals surface area contributed by atoms with Gasteiger partial charge >= 0.3 is 18.5 Å². The molecule has 139 heavy (non-hydrogen) atoms. The average Bonchev–Trinajstić information content (AvgIpc) is 1.58. The van der Waals surface area contributed by atoms with Crippen LogP contribution in [0.2, 0.25) is 0 Å². The van der Waals surface area contributed by atoms with E-state index < -0.39 is 35.2 Å². The molecule has 6 aromatic heterocycles. The van der Waals surface area contributed by atoms with Gasteiger partial charge in [0.25, 0.3) is 0 Å². The number of para-hydroxylation sites is 4. The van der Waals surface area contributed by atoms with Crippen molar-refractivity contribution in [1.29, 1.82) is 0 Å². The summed E-state index contributed by atoms with van der Waals surface area (Å²) in [5.41, 5.74) is 23.8. The van der Waals surface area contributed by atoms with Gasteiger partial charge in [0.2, 0.25) is 0 Å². The minimum atomic E-state index is -4.67. The molecule has 25 rings (SSSR count). The second-order valence-corrected chi connectivity index (χ2v) is 36.5. The number of hydrogen-bond acceptors (Lipinski definition) is 0. The zero-order chi connectivity index (χ0) is 95.3. The van der Waals surface area contributed by atoms with Crippen LogP contribution in [-0.2, 0) is 18.5 Å². The van der Waals surface area contributed by atoms with Crippen LogP contribution in [0.1, 0.15) is 55.6 Å². The maximum atomic E-state index is 15.9. The van der Waals surface area contributed by atoms with Crippen LogP contribution < -0.4 is 0 Å². The van der Waals surface area contributed by atoms with E-state index in [1.165, 1.54) is 18.2 Å². The Morgan fingerprint density at radius 1 is 0.151 bits per heavy atom. The Labute approximate surface area is 794 Å². The summed E-state index contributed by atoms with van der Waals surface area (Å²) >= 11 is 0. The molecule has 0 aliphatic heterocycles. The standard InChI is InChI=1S/C56H37F3N2.C36H29F3N2.C32H21F3N2/c1-36-30-45(60-51-26-22-41(37-14-6-2-7-15-37)31-46(51)47-32-42(23-27-52(47)60)38-16-8-3-9-17-38)35-50(56(57,58)59)55(36)61-53-28-24-43(39-18-10-4-11-19-39)33-48(53)49-34-44(25-29-54(49)61)40-20-12-5-13-21-40;1-20-6-10-31-26(14-20)27-15-21(2)7-11-32(27)40(31)25-18-24(5)35(30(19-25)36(37,38)39)41-33-12-8-22(3)16-28(33)29-17-23(4)9-13-34(29)41;1-20-18-21(36-27-14-6-2-10-22(27)23-11-3-7-15-28(23)36)19-26(32(33,34)35)31(20)37-29-16-8-4-12-24(29)25-13-5-9-17-30(25)37/h2-35H,1H3;6-19H,1-5H3;2-19H,1H3. The molecule has 0 N–H and O–H groups in total. The molecule has 0 atom stereocenters. The number of aromatic nitrogens is 6. The lowest BCUT2D eigenvalue weighted by Crippen LogP contribution is -2.14. The van der Waals surface area contributed by atoms with Crippen molar-refractivity contribution in [3.05, 3.63) is 456 Å². The summed E-state index contributed by atoms with van der Waals surface area (Å²) < 4.78 is 149. The molecule has 19 aromatic carbocycles. The second-order valence-electron chi connectivity index (χ2n) is 36.5. The molecule has 15 heteroatoms. The van der Waals surface area contributed by atoms with Crippen molar-refractivity contribution in [3.8, 4) is 78.6 Å². The van der Waals surface area contributed by atoms with Gasteiger partial charge in [0.15, 0.2) is 0 Å².